The summed E-state index contributed by atoms with van der Waals surface area (Å²) in [6, 6.07) is 0. The van der Waals surface area contributed by atoms with Crippen molar-refractivity contribution >= 4 is 11.5 Å². The molecule has 3 heterocycles. The topological polar surface area (TPSA) is 109 Å². The van der Waals surface area contributed by atoms with E-state index in [0.717, 1.165) is 4.88 Å². The molecule has 0 amide bonds. The van der Waals surface area contributed by atoms with E-state index in [2.05, 4.69) is 40.2 Å². The molecule has 3 aromatic heterocycles. The Kier molecular flexibility index (Phi) is 1.75. The second-order valence-electron chi connectivity index (χ2n) is 2.64. The van der Waals surface area contributed by atoms with Crippen molar-refractivity contribution in [3.05, 3.63) is 12.5 Å². The third kappa shape index (κ3) is 1.29. The highest BCUT2D eigenvalue weighted by Gasteiger charge is 2.16. The van der Waals surface area contributed by atoms with Crippen LogP contribution in [0.1, 0.15) is 0 Å². The molecule has 0 radical (unpaired) electrons. The Labute approximate surface area is 86.9 Å². The summed E-state index contributed by atoms with van der Waals surface area (Å²) in [5.41, 5.74) is 1.28. The van der Waals surface area contributed by atoms with Gasteiger partial charge in [0.15, 0.2) is 11.5 Å². The van der Waals surface area contributed by atoms with Crippen LogP contribution in [-0.4, -0.2) is 40.2 Å². The lowest BCUT2D eigenvalue weighted by Gasteiger charge is -1.90. The maximum Gasteiger partial charge on any atom is 0.178 e. The predicted molar refractivity (Wildman–Crippen MR) is 50.7 cm³/mol. The minimum absolute atomic E-state index is 0.562. The van der Waals surface area contributed by atoms with Crippen LogP contribution < -0.4 is 0 Å². The van der Waals surface area contributed by atoms with Crippen LogP contribution in [0.2, 0.25) is 0 Å². The highest BCUT2D eigenvalue weighted by molar-refractivity contribution is 7.09. The van der Waals surface area contributed by atoms with Crippen LogP contribution >= 0.6 is 11.5 Å². The number of hydrogen-bond acceptors (Lipinski definition) is 7. The summed E-state index contributed by atoms with van der Waals surface area (Å²) in [7, 11) is 0. The molecule has 8 nitrogen and oxygen atoms in total. The quantitative estimate of drug-likeness (QED) is 0.634. The second-order valence-corrected chi connectivity index (χ2v) is 3.42. The standard InChI is InChI=1S/C6H4N8S/c1-3(15-14-8-1)4-5(11-13-10-4)6-7-2-9-12-6/h1-2H,(H,7,9,12)(H,10,11,13). The van der Waals surface area contributed by atoms with Crippen molar-refractivity contribution in [2.24, 2.45) is 0 Å². The Morgan fingerprint density at radius 3 is 2.87 bits per heavy atom. The molecule has 0 aliphatic heterocycles. The van der Waals surface area contributed by atoms with E-state index in [1.807, 2.05) is 0 Å². The van der Waals surface area contributed by atoms with Gasteiger partial charge < -0.3 is 0 Å². The summed E-state index contributed by atoms with van der Waals surface area (Å²) >= 11 is 1.25. The minimum atomic E-state index is 0.562. The lowest BCUT2D eigenvalue weighted by Crippen LogP contribution is -1.84. The third-order valence-corrected chi connectivity index (χ3v) is 2.45. The van der Waals surface area contributed by atoms with E-state index < -0.39 is 0 Å². The molecule has 0 aromatic carbocycles. The van der Waals surface area contributed by atoms with Crippen molar-refractivity contribution in [3.63, 3.8) is 0 Å². The maximum absolute atomic E-state index is 4.02. The van der Waals surface area contributed by atoms with Gasteiger partial charge in [-0.3, -0.25) is 5.10 Å². The number of aromatic amines is 2. The molecule has 0 fully saturated rings. The Bertz CT molecular complexity index is 489. The highest BCUT2D eigenvalue weighted by Crippen LogP contribution is 2.26. The van der Waals surface area contributed by atoms with Gasteiger partial charge in [-0.2, -0.15) is 20.5 Å². The van der Waals surface area contributed by atoms with E-state index in [4.69, 9.17) is 0 Å². The molecule has 2 N–H and O–H groups in total. The molecule has 3 aromatic rings. The van der Waals surface area contributed by atoms with Gasteiger partial charge in [0, 0.05) is 0 Å². The number of rotatable bonds is 2. The zero-order chi connectivity index (χ0) is 10.1. The first kappa shape index (κ1) is 8.17. The smallest absolute Gasteiger partial charge is 0.178 e. The summed E-state index contributed by atoms with van der Waals surface area (Å²) in [4.78, 5) is 4.83. The fourth-order valence-electron chi connectivity index (χ4n) is 1.16. The molecule has 0 bridgehead atoms. The molecule has 74 valence electrons. The molecule has 0 unspecified atom stereocenters. The fraction of sp³-hybridized carbons (Fsp3) is 0. The van der Waals surface area contributed by atoms with Gasteiger partial charge in [-0.25, -0.2) is 4.98 Å². The van der Waals surface area contributed by atoms with Gasteiger partial charge in [0.2, 0.25) is 0 Å². The average Bonchev–Trinajstić information content (AvgIpc) is 3.01. The van der Waals surface area contributed by atoms with Crippen molar-refractivity contribution in [1.29, 1.82) is 0 Å². The molecule has 0 saturated heterocycles. The molecule has 0 aliphatic carbocycles. The number of hydrogen-bond donors (Lipinski definition) is 2. The van der Waals surface area contributed by atoms with Crippen molar-refractivity contribution in [2.75, 3.05) is 0 Å². The molecule has 0 spiro atoms. The van der Waals surface area contributed by atoms with E-state index in [1.54, 1.807) is 6.20 Å². The Hall–Kier alpha value is -2.16. The summed E-state index contributed by atoms with van der Waals surface area (Å²) in [6.45, 7) is 0. The molecular weight excluding hydrogens is 216 g/mol. The second kappa shape index (κ2) is 3.20. The van der Waals surface area contributed by atoms with Gasteiger partial charge in [0.25, 0.3) is 0 Å². The van der Waals surface area contributed by atoms with Crippen LogP contribution in [0, 0.1) is 0 Å². The van der Waals surface area contributed by atoms with E-state index in [-0.39, 0.29) is 0 Å². The first-order valence-electron chi connectivity index (χ1n) is 3.99. The first-order valence-corrected chi connectivity index (χ1v) is 4.77. The van der Waals surface area contributed by atoms with Crippen LogP contribution in [0.3, 0.4) is 0 Å². The number of nitrogens with zero attached hydrogens (tertiary/aromatic N) is 6. The van der Waals surface area contributed by atoms with Crippen LogP contribution in [-0.2, 0) is 0 Å². The average molecular weight is 220 g/mol. The van der Waals surface area contributed by atoms with Crippen LogP contribution in [0.5, 0.6) is 0 Å². The van der Waals surface area contributed by atoms with E-state index in [9.17, 15) is 0 Å². The fourth-order valence-corrected chi connectivity index (χ4v) is 1.66. The van der Waals surface area contributed by atoms with Gasteiger partial charge >= 0.3 is 0 Å². The summed E-state index contributed by atoms with van der Waals surface area (Å²) < 4.78 is 3.76. The Balaban J connectivity index is 2.15. The van der Waals surface area contributed by atoms with Gasteiger partial charge in [-0.15, -0.1) is 5.10 Å². The summed E-state index contributed by atoms with van der Waals surface area (Å²) in [5, 5.41) is 20.8. The SMILES string of the molecule is c1n[nH]c(-c2n[nH]nc2-c2cnns2)n1. The lowest BCUT2D eigenvalue weighted by atomic mass is 10.3. The first-order chi connectivity index (χ1) is 7.45. The molecule has 9 heteroatoms. The van der Waals surface area contributed by atoms with Crippen molar-refractivity contribution in [1.82, 2.24) is 40.2 Å². The highest BCUT2D eigenvalue weighted by atomic mass is 32.1. The third-order valence-electron chi connectivity index (χ3n) is 1.78. The maximum atomic E-state index is 4.02. The van der Waals surface area contributed by atoms with E-state index >= 15 is 0 Å². The van der Waals surface area contributed by atoms with Gasteiger partial charge in [0.05, 0.1) is 11.1 Å². The molecule has 0 saturated carbocycles. The predicted octanol–water partition coefficient (Wildman–Crippen LogP) is 0.108. The zero-order valence-corrected chi connectivity index (χ0v) is 8.06. The summed E-state index contributed by atoms with van der Waals surface area (Å²) in [5.74, 6) is 0.562. The monoisotopic (exact) mass is 220 g/mol. The van der Waals surface area contributed by atoms with Gasteiger partial charge in [0.1, 0.15) is 12.0 Å². The lowest BCUT2D eigenvalue weighted by molar-refractivity contribution is 0.940. The molecule has 0 atom stereocenters. The van der Waals surface area contributed by atoms with Crippen LogP contribution in [0.4, 0.5) is 0 Å². The molecule has 3 rings (SSSR count). The van der Waals surface area contributed by atoms with E-state index in [1.165, 1.54) is 17.9 Å². The Morgan fingerprint density at radius 1 is 1.20 bits per heavy atom. The molecule has 15 heavy (non-hydrogen) atoms. The van der Waals surface area contributed by atoms with Crippen LogP contribution in [0.25, 0.3) is 22.1 Å². The molecule has 0 aliphatic rings. The molecular formula is C6H4N8S. The number of aromatic nitrogens is 8. The zero-order valence-electron chi connectivity index (χ0n) is 7.25. The van der Waals surface area contributed by atoms with Gasteiger partial charge in [-0.1, -0.05) is 4.49 Å². The van der Waals surface area contributed by atoms with Crippen molar-refractivity contribution in [3.8, 4) is 22.1 Å². The van der Waals surface area contributed by atoms with E-state index in [0.29, 0.717) is 17.2 Å². The Morgan fingerprint density at radius 2 is 2.13 bits per heavy atom. The van der Waals surface area contributed by atoms with Crippen molar-refractivity contribution in [2.45, 2.75) is 0 Å². The summed E-state index contributed by atoms with van der Waals surface area (Å²) in [6.07, 6.45) is 3.04. The van der Waals surface area contributed by atoms with Gasteiger partial charge in [-0.05, 0) is 11.5 Å². The van der Waals surface area contributed by atoms with Crippen molar-refractivity contribution < 1.29 is 0 Å². The number of H-pyrrole nitrogens is 2. The normalized spacial score (nSPS) is 10.7. The minimum Gasteiger partial charge on any atom is -0.258 e. The van der Waals surface area contributed by atoms with Crippen LogP contribution in [0.15, 0.2) is 12.5 Å². The number of nitrogens with one attached hydrogen (secondary N) is 2. The largest absolute Gasteiger partial charge is 0.258 e.